The molecular formula is C17H29N3O4. The van der Waals surface area contributed by atoms with Crippen LogP contribution in [0.25, 0.3) is 0 Å². The molecule has 7 heteroatoms. The average molecular weight is 339 g/mol. The Morgan fingerprint density at radius 3 is 2.46 bits per heavy atom. The summed E-state index contributed by atoms with van der Waals surface area (Å²) in [5.74, 6) is -0.581. The van der Waals surface area contributed by atoms with Crippen molar-refractivity contribution in [1.29, 1.82) is 0 Å². The van der Waals surface area contributed by atoms with Gasteiger partial charge in [0.1, 0.15) is 0 Å². The summed E-state index contributed by atoms with van der Waals surface area (Å²) >= 11 is 0. The van der Waals surface area contributed by atoms with Crippen LogP contribution in [0.15, 0.2) is 0 Å². The van der Waals surface area contributed by atoms with Gasteiger partial charge in [-0.15, -0.1) is 0 Å². The Balaban J connectivity index is 1.76. The van der Waals surface area contributed by atoms with E-state index in [1.165, 1.54) is 13.5 Å². The molecule has 0 unspecified atom stereocenters. The summed E-state index contributed by atoms with van der Waals surface area (Å²) in [6.07, 6.45) is 8.64. The fraction of sp³-hybridized carbons (Fsp3) is 0.824. The minimum Gasteiger partial charge on any atom is -0.469 e. The Morgan fingerprint density at radius 2 is 1.75 bits per heavy atom. The Bertz CT molecular complexity index is 449. The molecule has 1 saturated carbocycles. The van der Waals surface area contributed by atoms with Crippen molar-refractivity contribution in [2.24, 2.45) is 0 Å². The van der Waals surface area contributed by atoms with Gasteiger partial charge in [-0.05, 0) is 32.2 Å². The van der Waals surface area contributed by atoms with Gasteiger partial charge < -0.3 is 10.1 Å². The van der Waals surface area contributed by atoms with Crippen molar-refractivity contribution in [3.8, 4) is 0 Å². The van der Waals surface area contributed by atoms with E-state index in [-0.39, 0.29) is 36.9 Å². The van der Waals surface area contributed by atoms with Crippen LogP contribution in [0, 0.1) is 0 Å². The number of carbonyl (C=O) groups excluding carboxylic acids is 3. The van der Waals surface area contributed by atoms with Crippen molar-refractivity contribution in [3.63, 3.8) is 0 Å². The van der Waals surface area contributed by atoms with E-state index in [4.69, 9.17) is 4.74 Å². The van der Waals surface area contributed by atoms with Gasteiger partial charge in [-0.1, -0.05) is 25.7 Å². The molecule has 2 fully saturated rings. The number of hydrogen-bond donors (Lipinski definition) is 2. The van der Waals surface area contributed by atoms with Gasteiger partial charge in [-0.2, -0.15) is 0 Å². The Kier molecular flexibility index (Phi) is 7.49. The smallest absolute Gasteiger partial charge is 0.321 e. The second kappa shape index (κ2) is 9.61. The first kappa shape index (κ1) is 18.7. The molecule has 2 N–H and O–H groups in total. The molecule has 1 aliphatic heterocycles. The van der Waals surface area contributed by atoms with E-state index < -0.39 is 6.03 Å². The van der Waals surface area contributed by atoms with Crippen LogP contribution in [0.3, 0.4) is 0 Å². The van der Waals surface area contributed by atoms with E-state index in [0.29, 0.717) is 0 Å². The molecule has 0 bridgehead atoms. The lowest BCUT2D eigenvalue weighted by atomic mass is 9.96. The first-order valence-corrected chi connectivity index (χ1v) is 8.99. The monoisotopic (exact) mass is 339 g/mol. The van der Waals surface area contributed by atoms with Crippen LogP contribution in [-0.2, 0) is 14.3 Å². The van der Waals surface area contributed by atoms with Gasteiger partial charge in [0.25, 0.3) is 0 Å². The molecule has 7 nitrogen and oxygen atoms in total. The number of carbonyl (C=O) groups is 3. The van der Waals surface area contributed by atoms with Gasteiger partial charge >= 0.3 is 12.0 Å². The first-order chi connectivity index (χ1) is 11.6. The van der Waals surface area contributed by atoms with Crippen LogP contribution in [0.4, 0.5) is 4.79 Å². The van der Waals surface area contributed by atoms with E-state index in [9.17, 15) is 14.4 Å². The predicted molar refractivity (Wildman–Crippen MR) is 89.4 cm³/mol. The molecule has 0 aromatic heterocycles. The number of hydrogen-bond acceptors (Lipinski definition) is 5. The maximum absolute atomic E-state index is 12.1. The number of nitrogens with zero attached hydrogens (tertiary/aromatic N) is 1. The highest BCUT2D eigenvalue weighted by atomic mass is 16.5. The molecule has 2 aliphatic rings. The molecule has 1 heterocycles. The SMILES string of the molecule is COC(=O)C[C@@H]1CCCCN1CC(=O)NC(=O)NC1CCCCC1. The molecule has 136 valence electrons. The summed E-state index contributed by atoms with van der Waals surface area (Å²) in [4.78, 5) is 37.5. The van der Waals surface area contributed by atoms with Crippen LogP contribution in [-0.4, -0.2) is 55.1 Å². The molecule has 0 aromatic rings. The third kappa shape index (κ3) is 6.11. The fourth-order valence-electron chi connectivity index (χ4n) is 3.59. The first-order valence-electron chi connectivity index (χ1n) is 8.99. The number of imide groups is 1. The molecule has 1 aliphatic carbocycles. The highest BCUT2D eigenvalue weighted by Gasteiger charge is 2.27. The molecule has 0 aromatic carbocycles. The lowest BCUT2D eigenvalue weighted by molar-refractivity contribution is -0.143. The molecule has 1 saturated heterocycles. The van der Waals surface area contributed by atoms with Crippen LogP contribution in [0.1, 0.15) is 57.8 Å². The Hall–Kier alpha value is -1.63. The van der Waals surface area contributed by atoms with Gasteiger partial charge in [0.05, 0.1) is 20.1 Å². The highest BCUT2D eigenvalue weighted by molar-refractivity contribution is 5.95. The molecule has 2 rings (SSSR count). The van der Waals surface area contributed by atoms with Crippen LogP contribution in [0.5, 0.6) is 0 Å². The van der Waals surface area contributed by atoms with Gasteiger partial charge in [0.2, 0.25) is 5.91 Å². The minimum absolute atomic E-state index is 0.0124. The van der Waals surface area contributed by atoms with Crippen molar-refractivity contribution < 1.29 is 19.1 Å². The minimum atomic E-state index is -0.409. The molecule has 24 heavy (non-hydrogen) atoms. The molecular weight excluding hydrogens is 310 g/mol. The van der Waals surface area contributed by atoms with Crippen molar-refractivity contribution in [2.75, 3.05) is 20.2 Å². The number of piperidine rings is 1. The van der Waals surface area contributed by atoms with Crippen LogP contribution in [0.2, 0.25) is 0 Å². The summed E-state index contributed by atoms with van der Waals surface area (Å²) in [7, 11) is 1.37. The van der Waals surface area contributed by atoms with Crippen LogP contribution >= 0.6 is 0 Å². The summed E-state index contributed by atoms with van der Waals surface area (Å²) in [5.41, 5.74) is 0. The van der Waals surface area contributed by atoms with Crippen LogP contribution < -0.4 is 10.6 Å². The number of likely N-dealkylation sites (tertiary alicyclic amines) is 1. The van der Waals surface area contributed by atoms with E-state index in [0.717, 1.165) is 51.5 Å². The van der Waals surface area contributed by atoms with Crippen molar-refractivity contribution >= 4 is 17.9 Å². The van der Waals surface area contributed by atoms with Gasteiger partial charge in [0.15, 0.2) is 0 Å². The molecule has 0 spiro atoms. The zero-order valence-corrected chi connectivity index (χ0v) is 14.5. The van der Waals surface area contributed by atoms with Gasteiger partial charge in [0, 0.05) is 12.1 Å². The number of esters is 1. The summed E-state index contributed by atoms with van der Waals surface area (Å²) in [5, 5.41) is 5.29. The summed E-state index contributed by atoms with van der Waals surface area (Å²) in [6.45, 7) is 0.902. The lowest BCUT2D eigenvalue weighted by Gasteiger charge is -2.34. The maximum atomic E-state index is 12.1. The third-order valence-electron chi connectivity index (χ3n) is 4.92. The second-order valence-electron chi connectivity index (χ2n) is 6.76. The summed E-state index contributed by atoms with van der Waals surface area (Å²) in [6, 6.07) is -0.222. The molecule has 1 atom stereocenters. The fourth-order valence-corrected chi connectivity index (χ4v) is 3.59. The number of nitrogens with one attached hydrogen (secondary N) is 2. The standard InChI is InChI=1S/C17H29N3O4/c1-24-16(22)11-14-9-5-6-10-20(14)12-15(21)19-17(23)18-13-7-3-2-4-8-13/h13-14H,2-12H2,1H3,(H2,18,19,21,23)/t14-/m0/s1. The van der Waals surface area contributed by atoms with Crippen molar-refractivity contribution in [1.82, 2.24) is 15.5 Å². The number of rotatable bonds is 5. The zero-order valence-electron chi connectivity index (χ0n) is 14.5. The average Bonchev–Trinajstić information content (AvgIpc) is 2.57. The Labute approximate surface area is 143 Å². The Morgan fingerprint density at radius 1 is 1.04 bits per heavy atom. The quantitative estimate of drug-likeness (QED) is 0.742. The van der Waals surface area contributed by atoms with E-state index in [1.54, 1.807) is 0 Å². The number of urea groups is 1. The van der Waals surface area contributed by atoms with E-state index in [2.05, 4.69) is 10.6 Å². The maximum Gasteiger partial charge on any atom is 0.321 e. The summed E-state index contributed by atoms with van der Waals surface area (Å²) < 4.78 is 4.73. The van der Waals surface area contributed by atoms with Gasteiger partial charge in [-0.25, -0.2) is 4.79 Å². The lowest BCUT2D eigenvalue weighted by Crippen LogP contribution is -2.50. The zero-order chi connectivity index (χ0) is 17.4. The van der Waals surface area contributed by atoms with Gasteiger partial charge in [-0.3, -0.25) is 19.8 Å². The van der Waals surface area contributed by atoms with Crippen molar-refractivity contribution in [3.05, 3.63) is 0 Å². The predicted octanol–water partition coefficient (Wildman–Crippen LogP) is 1.56. The van der Waals surface area contributed by atoms with Crippen molar-refractivity contribution in [2.45, 2.75) is 69.9 Å². The normalized spacial score (nSPS) is 22.6. The second-order valence-corrected chi connectivity index (χ2v) is 6.76. The number of amides is 3. The number of methoxy groups -OCH3 is 1. The molecule has 3 amide bonds. The third-order valence-corrected chi connectivity index (χ3v) is 4.92. The number of ether oxygens (including phenoxy) is 1. The van der Waals surface area contributed by atoms with E-state index in [1.807, 2.05) is 4.90 Å². The van der Waals surface area contributed by atoms with E-state index >= 15 is 0 Å². The largest absolute Gasteiger partial charge is 0.469 e. The topological polar surface area (TPSA) is 87.7 Å². The highest BCUT2D eigenvalue weighted by Crippen LogP contribution is 2.20. The molecule has 0 radical (unpaired) electrons.